The van der Waals surface area contributed by atoms with Gasteiger partial charge in [0.15, 0.2) is 0 Å². The normalized spacial score (nSPS) is 11.1. The molecule has 1 amide bonds. The van der Waals surface area contributed by atoms with Gasteiger partial charge >= 0.3 is 0 Å². The SMILES string of the molecule is COc1ccc(S(=O)(=O)NCC(=O)Nc2ccc(SC)cc2)cc1. The fraction of sp³-hybridized carbons (Fsp3) is 0.188. The summed E-state index contributed by atoms with van der Waals surface area (Å²) in [6.45, 7) is -0.349. The number of ether oxygens (including phenoxy) is 1. The molecule has 0 aliphatic heterocycles. The van der Waals surface area contributed by atoms with Crippen LogP contribution in [0.25, 0.3) is 0 Å². The molecule has 6 nitrogen and oxygen atoms in total. The van der Waals surface area contributed by atoms with E-state index >= 15 is 0 Å². The minimum Gasteiger partial charge on any atom is -0.497 e. The van der Waals surface area contributed by atoms with Crippen molar-refractivity contribution in [3.05, 3.63) is 48.5 Å². The van der Waals surface area contributed by atoms with Gasteiger partial charge in [0, 0.05) is 10.6 Å². The maximum Gasteiger partial charge on any atom is 0.241 e. The van der Waals surface area contributed by atoms with Crippen LogP contribution in [0.1, 0.15) is 0 Å². The number of sulfonamides is 1. The van der Waals surface area contributed by atoms with Crippen molar-refractivity contribution in [3.8, 4) is 5.75 Å². The lowest BCUT2D eigenvalue weighted by Crippen LogP contribution is -2.32. The summed E-state index contributed by atoms with van der Waals surface area (Å²) in [6.07, 6.45) is 1.96. The molecular weight excluding hydrogens is 348 g/mol. The predicted octanol–water partition coefficient (Wildman–Crippen LogP) is 2.33. The first-order valence-corrected chi connectivity index (χ1v) is 9.73. The number of thioether (sulfide) groups is 1. The third kappa shape index (κ3) is 4.98. The van der Waals surface area contributed by atoms with E-state index in [-0.39, 0.29) is 11.4 Å². The summed E-state index contributed by atoms with van der Waals surface area (Å²) < 4.78 is 31.5. The van der Waals surface area contributed by atoms with Crippen LogP contribution < -0.4 is 14.8 Å². The fourth-order valence-electron chi connectivity index (χ4n) is 1.88. The van der Waals surface area contributed by atoms with Crippen LogP contribution in [0, 0.1) is 0 Å². The number of carbonyl (C=O) groups is 1. The highest BCUT2D eigenvalue weighted by Crippen LogP contribution is 2.17. The first-order chi connectivity index (χ1) is 11.4. The molecule has 0 radical (unpaired) electrons. The van der Waals surface area contributed by atoms with Gasteiger partial charge < -0.3 is 10.1 Å². The minimum absolute atomic E-state index is 0.0698. The summed E-state index contributed by atoms with van der Waals surface area (Å²) in [4.78, 5) is 13.0. The Bertz CT molecular complexity index is 788. The van der Waals surface area contributed by atoms with E-state index in [0.717, 1.165) is 4.90 Å². The second-order valence-corrected chi connectivity index (χ2v) is 7.42. The van der Waals surface area contributed by atoms with E-state index in [1.165, 1.54) is 19.2 Å². The summed E-state index contributed by atoms with van der Waals surface area (Å²) in [5.74, 6) is 0.115. The van der Waals surface area contributed by atoms with Gasteiger partial charge in [-0.05, 0) is 54.8 Å². The summed E-state index contributed by atoms with van der Waals surface area (Å²) in [5, 5.41) is 2.64. The number of benzene rings is 2. The molecule has 0 aliphatic carbocycles. The molecule has 24 heavy (non-hydrogen) atoms. The van der Waals surface area contributed by atoms with Crippen molar-refractivity contribution in [1.29, 1.82) is 0 Å². The van der Waals surface area contributed by atoms with E-state index in [1.54, 1.807) is 36.0 Å². The molecule has 0 bridgehead atoms. The Labute approximate surface area is 145 Å². The highest BCUT2D eigenvalue weighted by molar-refractivity contribution is 7.98. The van der Waals surface area contributed by atoms with Crippen LogP contribution in [0.4, 0.5) is 5.69 Å². The van der Waals surface area contributed by atoms with Crippen molar-refractivity contribution >= 4 is 33.4 Å². The molecule has 128 valence electrons. The van der Waals surface area contributed by atoms with Crippen LogP contribution in [0.2, 0.25) is 0 Å². The van der Waals surface area contributed by atoms with Gasteiger partial charge in [0.25, 0.3) is 0 Å². The third-order valence-corrected chi connectivity index (χ3v) is 5.33. The average Bonchev–Trinajstić information content (AvgIpc) is 2.61. The van der Waals surface area contributed by atoms with Crippen LogP contribution in [0.15, 0.2) is 58.3 Å². The molecule has 2 rings (SSSR count). The molecule has 8 heteroatoms. The minimum atomic E-state index is -3.75. The Morgan fingerprint density at radius 1 is 1.08 bits per heavy atom. The molecule has 0 unspecified atom stereocenters. The van der Waals surface area contributed by atoms with E-state index in [0.29, 0.717) is 11.4 Å². The maximum atomic E-state index is 12.1. The lowest BCUT2D eigenvalue weighted by molar-refractivity contribution is -0.115. The Hall–Kier alpha value is -2.03. The number of nitrogens with one attached hydrogen (secondary N) is 2. The van der Waals surface area contributed by atoms with Gasteiger partial charge in [-0.1, -0.05) is 0 Å². The number of rotatable bonds is 7. The van der Waals surface area contributed by atoms with E-state index in [9.17, 15) is 13.2 Å². The highest BCUT2D eigenvalue weighted by atomic mass is 32.2. The van der Waals surface area contributed by atoms with E-state index < -0.39 is 15.9 Å². The van der Waals surface area contributed by atoms with Crippen LogP contribution in [0.3, 0.4) is 0 Å². The lowest BCUT2D eigenvalue weighted by Gasteiger charge is -2.09. The Morgan fingerprint density at radius 2 is 1.71 bits per heavy atom. The molecule has 0 atom stereocenters. The first-order valence-electron chi connectivity index (χ1n) is 7.02. The molecule has 2 aromatic carbocycles. The zero-order valence-corrected chi connectivity index (χ0v) is 14.9. The molecule has 0 aromatic heterocycles. The van der Waals surface area contributed by atoms with Crippen molar-refractivity contribution in [1.82, 2.24) is 4.72 Å². The zero-order chi connectivity index (χ0) is 17.6. The first kappa shape index (κ1) is 18.3. The third-order valence-electron chi connectivity index (χ3n) is 3.17. The topological polar surface area (TPSA) is 84.5 Å². The van der Waals surface area contributed by atoms with Gasteiger partial charge in [-0.3, -0.25) is 4.79 Å². The molecule has 0 saturated carbocycles. The van der Waals surface area contributed by atoms with Gasteiger partial charge in [-0.25, -0.2) is 13.1 Å². The Balaban J connectivity index is 1.93. The maximum absolute atomic E-state index is 12.1. The van der Waals surface area contributed by atoms with Crippen molar-refractivity contribution in [2.24, 2.45) is 0 Å². The summed E-state index contributed by atoms with van der Waals surface area (Å²) >= 11 is 1.60. The van der Waals surface area contributed by atoms with Gasteiger partial charge in [0.05, 0.1) is 18.6 Å². The second kappa shape index (κ2) is 8.18. The molecule has 0 fully saturated rings. The van der Waals surface area contributed by atoms with Gasteiger partial charge in [0.1, 0.15) is 5.75 Å². The predicted molar refractivity (Wildman–Crippen MR) is 95.0 cm³/mol. The smallest absolute Gasteiger partial charge is 0.241 e. The summed E-state index contributed by atoms with van der Waals surface area (Å²) in [7, 11) is -2.26. The fourth-order valence-corrected chi connectivity index (χ4v) is 3.27. The van der Waals surface area contributed by atoms with E-state index in [1.807, 2.05) is 18.4 Å². The van der Waals surface area contributed by atoms with Gasteiger partial charge in [-0.15, -0.1) is 11.8 Å². The number of anilines is 1. The zero-order valence-electron chi connectivity index (χ0n) is 13.3. The number of amides is 1. The van der Waals surface area contributed by atoms with Crippen molar-refractivity contribution < 1.29 is 17.9 Å². The average molecular weight is 366 g/mol. The van der Waals surface area contributed by atoms with Crippen LogP contribution in [-0.4, -0.2) is 34.2 Å². The summed E-state index contributed by atoms with van der Waals surface area (Å²) in [6, 6.07) is 13.2. The molecule has 2 N–H and O–H groups in total. The Morgan fingerprint density at radius 3 is 2.25 bits per heavy atom. The van der Waals surface area contributed by atoms with Crippen molar-refractivity contribution in [3.63, 3.8) is 0 Å². The molecule has 2 aromatic rings. The Kier molecular flexibility index (Phi) is 6.24. The van der Waals surface area contributed by atoms with E-state index in [4.69, 9.17) is 4.74 Å². The van der Waals surface area contributed by atoms with E-state index in [2.05, 4.69) is 10.0 Å². The van der Waals surface area contributed by atoms with Gasteiger partial charge in [-0.2, -0.15) is 0 Å². The van der Waals surface area contributed by atoms with Gasteiger partial charge in [0.2, 0.25) is 15.9 Å². The second-order valence-electron chi connectivity index (χ2n) is 4.78. The number of carbonyl (C=O) groups excluding carboxylic acids is 1. The monoisotopic (exact) mass is 366 g/mol. The number of hydrogen-bond acceptors (Lipinski definition) is 5. The quantitative estimate of drug-likeness (QED) is 0.735. The molecule has 0 aliphatic rings. The number of methoxy groups -OCH3 is 1. The van der Waals surface area contributed by atoms with Crippen LogP contribution in [0.5, 0.6) is 5.75 Å². The lowest BCUT2D eigenvalue weighted by atomic mass is 10.3. The largest absolute Gasteiger partial charge is 0.497 e. The highest BCUT2D eigenvalue weighted by Gasteiger charge is 2.15. The van der Waals surface area contributed by atoms with Crippen LogP contribution in [-0.2, 0) is 14.8 Å². The standard InChI is InChI=1S/C16H18N2O4S2/c1-22-13-5-9-15(10-6-13)24(20,21)17-11-16(19)18-12-3-7-14(23-2)8-4-12/h3-10,17H,11H2,1-2H3,(H,18,19). The molecule has 0 heterocycles. The summed E-state index contributed by atoms with van der Waals surface area (Å²) in [5.41, 5.74) is 0.612. The molecule has 0 saturated heterocycles. The number of hydrogen-bond donors (Lipinski definition) is 2. The molecular formula is C16H18N2O4S2. The molecule has 0 spiro atoms. The van der Waals surface area contributed by atoms with Crippen molar-refractivity contribution in [2.75, 3.05) is 25.2 Å². The van der Waals surface area contributed by atoms with Crippen molar-refractivity contribution in [2.45, 2.75) is 9.79 Å². The van der Waals surface area contributed by atoms with Crippen LogP contribution >= 0.6 is 11.8 Å².